The number of fused-ring (bicyclic) bond motifs is 1. The standard InChI is InChI=1S/C18H17F3N2O/c19-18(20,21)14-10-13(6-4-5-9-24)17-16(11-14)22-12-23(17)15-7-2-1-3-8-15/h1-3,7-8,10-12,24H,4-6,9H2. The van der Waals surface area contributed by atoms with Gasteiger partial charge in [0.15, 0.2) is 0 Å². The fourth-order valence-electron chi connectivity index (χ4n) is 2.80. The lowest BCUT2D eigenvalue weighted by Gasteiger charge is -2.13. The third-order valence-corrected chi connectivity index (χ3v) is 3.94. The Kier molecular flexibility index (Phi) is 4.57. The minimum absolute atomic E-state index is 0.0278. The van der Waals surface area contributed by atoms with Crippen LogP contribution in [0.5, 0.6) is 0 Å². The van der Waals surface area contributed by atoms with E-state index in [1.54, 1.807) is 6.33 Å². The molecule has 1 aromatic heterocycles. The number of aliphatic hydroxyl groups is 1. The van der Waals surface area contributed by atoms with Crippen LogP contribution >= 0.6 is 0 Å². The largest absolute Gasteiger partial charge is 0.416 e. The maximum atomic E-state index is 13.1. The van der Waals surface area contributed by atoms with Gasteiger partial charge >= 0.3 is 6.18 Å². The zero-order chi connectivity index (χ0) is 17.2. The molecular formula is C18H17F3N2O. The van der Waals surface area contributed by atoms with E-state index in [1.807, 2.05) is 34.9 Å². The summed E-state index contributed by atoms with van der Waals surface area (Å²) in [7, 11) is 0. The third-order valence-electron chi connectivity index (χ3n) is 3.94. The Hall–Kier alpha value is -2.34. The van der Waals surface area contributed by atoms with Gasteiger partial charge in [0, 0.05) is 12.3 Å². The Morgan fingerprint density at radius 2 is 1.79 bits per heavy atom. The zero-order valence-electron chi connectivity index (χ0n) is 12.9. The van der Waals surface area contributed by atoms with Crippen LogP contribution in [-0.2, 0) is 12.6 Å². The van der Waals surface area contributed by atoms with E-state index in [2.05, 4.69) is 4.98 Å². The highest BCUT2D eigenvalue weighted by Crippen LogP contribution is 2.34. The summed E-state index contributed by atoms with van der Waals surface area (Å²) in [6.45, 7) is 0.0278. The second-order valence-electron chi connectivity index (χ2n) is 5.63. The Labute approximate surface area is 137 Å². The Morgan fingerprint density at radius 3 is 2.46 bits per heavy atom. The van der Waals surface area contributed by atoms with E-state index in [0.717, 1.165) is 11.8 Å². The molecular weight excluding hydrogens is 317 g/mol. The molecule has 0 saturated heterocycles. The summed E-state index contributed by atoms with van der Waals surface area (Å²) in [5, 5.41) is 8.94. The summed E-state index contributed by atoms with van der Waals surface area (Å²) in [4.78, 5) is 4.17. The topological polar surface area (TPSA) is 38.1 Å². The maximum Gasteiger partial charge on any atom is 0.416 e. The monoisotopic (exact) mass is 334 g/mol. The predicted molar refractivity (Wildman–Crippen MR) is 86.1 cm³/mol. The molecule has 0 unspecified atom stereocenters. The molecule has 0 bridgehead atoms. The number of aliphatic hydroxyl groups excluding tert-OH is 1. The van der Waals surface area contributed by atoms with Crippen LogP contribution in [0.25, 0.3) is 16.7 Å². The summed E-state index contributed by atoms with van der Waals surface area (Å²) in [5.41, 5.74) is 1.77. The molecule has 0 amide bonds. The maximum absolute atomic E-state index is 13.1. The minimum Gasteiger partial charge on any atom is -0.396 e. The van der Waals surface area contributed by atoms with Crippen LogP contribution in [0.15, 0.2) is 48.8 Å². The molecule has 0 saturated carbocycles. The quantitative estimate of drug-likeness (QED) is 0.704. The number of unbranched alkanes of at least 4 members (excludes halogenated alkanes) is 1. The predicted octanol–water partition coefficient (Wildman–Crippen LogP) is 4.36. The number of aromatic nitrogens is 2. The number of aryl methyl sites for hydroxylation is 1. The van der Waals surface area contributed by atoms with Gasteiger partial charge in [-0.2, -0.15) is 13.2 Å². The molecule has 3 aromatic rings. The van der Waals surface area contributed by atoms with Crippen LogP contribution in [0.4, 0.5) is 13.2 Å². The molecule has 0 radical (unpaired) electrons. The average Bonchev–Trinajstić information content (AvgIpc) is 2.99. The van der Waals surface area contributed by atoms with Crippen LogP contribution < -0.4 is 0 Å². The number of rotatable bonds is 5. The van der Waals surface area contributed by atoms with Gasteiger partial charge in [-0.05, 0) is 49.1 Å². The van der Waals surface area contributed by atoms with E-state index in [0.29, 0.717) is 35.9 Å². The number of nitrogens with zero attached hydrogens (tertiary/aromatic N) is 2. The first-order valence-corrected chi connectivity index (χ1v) is 7.74. The minimum atomic E-state index is -4.41. The molecule has 0 aliphatic carbocycles. The molecule has 0 aliphatic heterocycles. The van der Waals surface area contributed by atoms with Crippen molar-refractivity contribution in [3.63, 3.8) is 0 Å². The van der Waals surface area contributed by atoms with E-state index in [9.17, 15) is 13.2 Å². The summed E-state index contributed by atoms with van der Waals surface area (Å²) in [5.74, 6) is 0. The number of hydrogen-bond donors (Lipinski definition) is 1. The highest BCUT2D eigenvalue weighted by atomic mass is 19.4. The van der Waals surface area contributed by atoms with E-state index < -0.39 is 11.7 Å². The van der Waals surface area contributed by atoms with E-state index in [-0.39, 0.29) is 6.61 Å². The van der Waals surface area contributed by atoms with Crippen LogP contribution in [0.1, 0.15) is 24.0 Å². The SMILES string of the molecule is OCCCCc1cc(C(F)(F)F)cc2ncn(-c3ccccc3)c12. The van der Waals surface area contributed by atoms with Gasteiger partial charge in [-0.15, -0.1) is 0 Å². The first kappa shape index (κ1) is 16.5. The lowest BCUT2D eigenvalue weighted by molar-refractivity contribution is -0.137. The molecule has 1 N–H and O–H groups in total. The number of benzene rings is 2. The van der Waals surface area contributed by atoms with Crippen LogP contribution in [-0.4, -0.2) is 21.3 Å². The molecule has 0 fully saturated rings. The normalized spacial score (nSPS) is 12.0. The van der Waals surface area contributed by atoms with Gasteiger partial charge < -0.3 is 5.11 Å². The second kappa shape index (κ2) is 6.65. The van der Waals surface area contributed by atoms with Crippen molar-refractivity contribution in [2.24, 2.45) is 0 Å². The Morgan fingerprint density at radius 1 is 1.04 bits per heavy atom. The van der Waals surface area contributed by atoms with Crippen molar-refractivity contribution in [3.05, 3.63) is 59.9 Å². The van der Waals surface area contributed by atoms with Crippen molar-refractivity contribution >= 4 is 11.0 Å². The van der Waals surface area contributed by atoms with E-state index in [4.69, 9.17) is 5.11 Å². The summed E-state index contributed by atoms with van der Waals surface area (Å²) < 4.78 is 41.2. The lowest BCUT2D eigenvalue weighted by Crippen LogP contribution is -2.07. The van der Waals surface area contributed by atoms with Gasteiger partial charge in [0.1, 0.15) is 6.33 Å². The molecule has 3 rings (SSSR count). The number of imidazole rings is 1. The van der Waals surface area contributed by atoms with E-state index in [1.165, 1.54) is 6.07 Å². The average molecular weight is 334 g/mol. The van der Waals surface area contributed by atoms with Gasteiger partial charge in [0.2, 0.25) is 0 Å². The van der Waals surface area contributed by atoms with Crippen molar-refractivity contribution in [1.82, 2.24) is 9.55 Å². The molecule has 0 aliphatic rings. The second-order valence-corrected chi connectivity index (χ2v) is 5.63. The summed E-state index contributed by atoms with van der Waals surface area (Å²) in [6, 6.07) is 11.7. The fourth-order valence-corrected chi connectivity index (χ4v) is 2.80. The van der Waals surface area contributed by atoms with Crippen LogP contribution in [0.2, 0.25) is 0 Å². The van der Waals surface area contributed by atoms with Gasteiger partial charge in [-0.3, -0.25) is 4.57 Å². The molecule has 1 heterocycles. The highest BCUT2D eigenvalue weighted by molar-refractivity contribution is 5.82. The lowest BCUT2D eigenvalue weighted by atomic mass is 10.0. The van der Waals surface area contributed by atoms with E-state index >= 15 is 0 Å². The Balaban J connectivity index is 2.15. The van der Waals surface area contributed by atoms with Gasteiger partial charge in [-0.1, -0.05) is 18.2 Å². The molecule has 0 atom stereocenters. The number of para-hydroxylation sites is 1. The van der Waals surface area contributed by atoms with Crippen LogP contribution in [0, 0.1) is 0 Å². The van der Waals surface area contributed by atoms with Gasteiger partial charge in [0.25, 0.3) is 0 Å². The first-order chi connectivity index (χ1) is 11.5. The van der Waals surface area contributed by atoms with Crippen molar-refractivity contribution in [1.29, 1.82) is 0 Å². The summed E-state index contributed by atoms with van der Waals surface area (Å²) >= 11 is 0. The molecule has 0 spiro atoms. The molecule has 3 nitrogen and oxygen atoms in total. The van der Waals surface area contributed by atoms with Crippen molar-refractivity contribution < 1.29 is 18.3 Å². The van der Waals surface area contributed by atoms with Gasteiger partial charge in [-0.25, -0.2) is 4.98 Å². The number of alkyl halides is 3. The third kappa shape index (κ3) is 3.28. The van der Waals surface area contributed by atoms with Crippen molar-refractivity contribution in [2.75, 3.05) is 6.61 Å². The summed E-state index contributed by atoms with van der Waals surface area (Å²) in [6.07, 6.45) is -1.23. The fraction of sp³-hybridized carbons (Fsp3) is 0.278. The Bertz CT molecular complexity index is 825. The molecule has 24 heavy (non-hydrogen) atoms. The highest BCUT2D eigenvalue weighted by Gasteiger charge is 2.32. The molecule has 126 valence electrons. The van der Waals surface area contributed by atoms with Gasteiger partial charge in [0.05, 0.1) is 16.6 Å². The van der Waals surface area contributed by atoms with Crippen molar-refractivity contribution in [2.45, 2.75) is 25.4 Å². The molecule has 2 aromatic carbocycles. The first-order valence-electron chi connectivity index (χ1n) is 7.74. The number of halogens is 3. The smallest absolute Gasteiger partial charge is 0.396 e. The number of hydrogen-bond acceptors (Lipinski definition) is 2. The zero-order valence-corrected chi connectivity index (χ0v) is 12.9. The van der Waals surface area contributed by atoms with Crippen molar-refractivity contribution in [3.8, 4) is 5.69 Å². The molecule has 6 heteroatoms. The van der Waals surface area contributed by atoms with Crippen LogP contribution in [0.3, 0.4) is 0 Å².